The van der Waals surface area contributed by atoms with Crippen LogP contribution in [0.4, 0.5) is 5.69 Å². The number of nitrogens with zero attached hydrogens (tertiary/aromatic N) is 1. The Morgan fingerprint density at radius 2 is 1.80 bits per heavy atom. The first-order valence-electron chi connectivity index (χ1n) is 9.08. The molecule has 0 bridgehead atoms. The number of aliphatic hydroxyl groups is 1. The Morgan fingerprint density at radius 3 is 2.57 bits per heavy atom. The molecule has 5 rings (SSSR count). The Bertz CT molecular complexity index is 1200. The molecule has 0 spiro atoms. The highest BCUT2D eigenvalue weighted by Crippen LogP contribution is 2.45. The van der Waals surface area contributed by atoms with E-state index in [1.54, 1.807) is 36.4 Å². The van der Waals surface area contributed by atoms with Gasteiger partial charge in [0.25, 0.3) is 11.7 Å². The summed E-state index contributed by atoms with van der Waals surface area (Å²) in [5.41, 5.74) is 0.258. The van der Waals surface area contributed by atoms with Gasteiger partial charge in [0, 0.05) is 5.56 Å². The van der Waals surface area contributed by atoms with Gasteiger partial charge in [0.2, 0.25) is 6.79 Å². The van der Waals surface area contributed by atoms with E-state index in [4.69, 9.17) is 13.9 Å². The average Bonchev–Trinajstić information content (AvgIpc) is 3.48. The van der Waals surface area contributed by atoms with Gasteiger partial charge in [-0.2, -0.15) is 0 Å². The van der Waals surface area contributed by atoms with Crippen molar-refractivity contribution in [3.63, 3.8) is 0 Å². The van der Waals surface area contributed by atoms with Gasteiger partial charge >= 0.3 is 0 Å². The van der Waals surface area contributed by atoms with E-state index >= 15 is 0 Å². The summed E-state index contributed by atoms with van der Waals surface area (Å²) in [6.07, 6.45) is 1.40. The Hall–Kier alpha value is -4.20. The highest BCUT2D eigenvalue weighted by molar-refractivity contribution is 6.51. The third kappa shape index (κ3) is 2.61. The molecule has 2 N–H and O–H groups in total. The zero-order chi connectivity index (χ0) is 20.8. The quantitative estimate of drug-likeness (QED) is 0.391. The molecule has 150 valence electrons. The van der Waals surface area contributed by atoms with Crippen LogP contribution in [0.3, 0.4) is 0 Å². The number of phenols is 1. The molecular weight excluding hydrogens is 390 g/mol. The minimum absolute atomic E-state index is 0.0591. The first-order chi connectivity index (χ1) is 14.6. The number of phenolic OH excluding ortho intramolecular Hbond substituents is 1. The minimum atomic E-state index is -1.06. The van der Waals surface area contributed by atoms with Crippen molar-refractivity contribution in [3.8, 4) is 17.2 Å². The van der Waals surface area contributed by atoms with Crippen molar-refractivity contribution in [1.82, 2.24) is 0 Å². The van der Waals surface area contributed by atoms with E-state index in [0.717, 1.165) is 4.90 Å². The van der Waals surface area contributed by atoms with E-state index in [2.05, 4.69) is 0 Å². The number of para-hydroxylation sites is 2. The summed E-state index contributed by atoms with van der Waals surface area (Å²) in [5.74, 6) is -1.15. The van der Waals surface area contributed by atoms with E-state index in [0.29, 0.717) is 11.5 Å². The van der Waals surface area contributed by atoms with Gasteiger partial charge < -0.3 is 24.1 Å². The lowest BCUT2D eigenvalue weighted by molar-refractivity contribution is -0.132. The second-order valence-corrected chi connectivity index (χ2v) is 6.74. The third-order valence-corrected chi connectivity index (χ3v) is 5.04. The first-order valence-corrected chi connectivity index (χ1v) is 9.08. The number of benzene rings is 2. The lowest BCUT2D eigenvalue weighted by Crippen LogP contribution is -2.29. The molecule has 1 fully saturated rings. The van der Waals surface area contributed by atoms with Crippen LogP contribution in [0.25, 0.3) is 5.76 Å². The minimum Gasteiger partial charge on any atom is -0.507 e. The molecule has 8 heteroatoms. The lowest BCUT2D eigenvalue weighted by atomic mass is 9.99. The van der Waals surface area contributed by atoms with Gasteiger partial charge in [0.15, 0.2) is 11.5 Å². The number of Topliss-reactive ketones (excluding diaryl/α,β-unsaturated/α-hetero) is 1. The average molecular weight is 405 g/mol. The molecule has 0 saturated carbocycles. The van der Waals surface area contributed by atoms with Crippen molar-refractivity contribution in [2.75, 3.05) is 11.7 Å². The number of anilines is 1. The van der Waals surface area contributed by atoms with Crippen LogP contribution < -0.4 is 14.4 Å². The molecule has 1 atom stereocenters. The number of hydrogen-bond donors (Lipinski definition) is 2. The Morgan fingerprint density at radius 1 is 1.00 bits per heavy atom. The number of amides is 1. The van der Waals surface area contributed by atoms with Crippen LogP contribution in [0.15, 0.2) is 70.9 Å². The smallest absolute Gasteiger partial charge is 0.300 e. The zero-order valence-electron chi connectivity index (χ0n) is 15.4. The first kappa shape index (κ1) is 17.9. The molecule has 1 aromatic heterocycles. The fourth-order valence-electron chi connectivity index (χ4n) is 3.66. The van der Waals surface area contributed by atoms with Gasteiger partial charge in [-0.25, -0.2) is 0 Å². The molecule has 3 heterocycles. The standard InChI is InChI=1S/C22H15NO7/c24-14-5-2-1-4-13(14)23-19(16-6-3-9-28-16)18(21(26)22(23)27)20(25)12-7-8-15-17(10-12)30-11-29-15/h1-10,19,24-25H,11H2/b20-18-. The normalized spacial score (nSPS) is 19.5. The zero-order valence-corrected chi connectivity index (χ0v) is 15.4. The van der Waals surface area contributed by atoms with Crippen LogP contribution in [0.5, 0.6) is 17.2 Å². The number of furan rings is 1. The molecule has 30 heavy (non-hydrogen) atoms. The summed E-state index contributed by atoms with van der Waals surface area (Å²) < 4.78 is 16.1. The number of carbonyl (C=O) groups excluding carboxylic acids is 2. The number of carbonyl (C=O) groups is 2. The number of hydrogen-bond acceptors (Lipinski definition) is 7. The molecule has 1 unspecified atom stereocenters. The Kier molecular flexibility index (Phi) is 3.99. The SMILES string of the molecule is O=C1C(=O)N(c2ccccc2O)C(c2ccco2)/C1=C(/O)c1ccc2c(c1)OCO2. The summed E-state index contributed by atoms with van der Waals surface area (Å²) in [4.78, 5) is 27.0. The van der Waals surface area contributed by atoms with Crippen LogP contribution in [0.2, 0.25) is 0 Å². The van der Waals surface area contributed by atoms with Gasteiger partial charge in [0.05, 0.1) is 17.5 Å². The molecular formula is C22H15NO7. The topological polar surface area (TPSA) is 109 Å². The van der Waals surface area contributed by atoms with E-state index in [1.165, 1.54) is 24.5 Å². The van der Waals surface area contributed by atoms with Crippen molar-refractivity contribution in [1.29, 1.82) is 0 Å². The molecule has 8 nitrogen and oxygen atoms in total. The molecule has 3 aromatic rings. The fraction of sp³-hybridized carbons (Fsp3) is 0.0909. The molecule has 0 aliphatic carbocycles. The van der Waals surface area contributed by atoms with Crippen LogP contribution in [-0.2, 0) is 9.59 Å². The molecule has 0 radical (unpaired) electrons. The van der Waals surface area contributed by atoms with Crippen LogP contribution in [0, 0.1) is 0 Å². The predicted molar refractivity (Wildman–Crippen MR) is 104 cm³/mol. The van der Waals surface area contributed by atoms with Crippen molar-refractivity contribution < 1.29 is 33.7 Å². The predicted octanol–water partition coefficient (Wildman–Crippen LogP) is 3.34. The largest absolute Gasteiger partial charge is 0.507 e. The molecule has 2 aliphatic rings. The van der Waals surface area contributed by atoms with E-state index in [1.807, 2.05) is 0 Å². The number of fused-ring (bicyclic) bond motifs is 1. The maximum atomic E-state index is 13.0. The van der Waals surface area contributed by atoms with Crippen molar-refractivity contribution in [2.45, 2.75) is 6.04 Å². The van der Waals surface area contributed by atoms with E-state index in [9.17, 15) is 19.8 Å². The summed E-state index contributed by atoms with van der Waals surface area (Å²) in [6, 6.07) is 13.0. The summed E-state index contributed by atoms with van der Waals surface area (Å²) in [6.45, 7) is 0.0591. The number of aliphatic hydroxyl groups excluding tert-OH is 1. The number of aromatic hydroxyl groups is 1. The van der Waals surface area contributed by atoms with Crippen LogP contribution in [0.1, 0.15) is 17.4 Å². The number of ether oxygens (including phenoxy) is 2. The number of ketones is 1. The van der Waals surface area contributed by atoms with Crippen molar-refractivity contribution in [3.05, 3.63) is 77.8 Å². The molecule has 2 aliphatic heterocycles. The highest BCUT2D eigenvalue weighted by Gasteiger charge is 2.49. The molecule has 1 amide bonds. The summed E-state index contributed by atoms with van der Waals surface area (Å²) in [7, 11) is 0. The van der Waals surface area contributed by atoms with Crippen LogP contribution >= 0.6 is 0 Å². The van der Waals surface area contributed by atoms with Crippen molar-refractivity contribution in [2.24, 2.45) is 0 Å². The Balaban J connectivity index is 1.70. The number of rotatable bonds is 3. The monoisotopic (exact) mass is 405 g/mol. The third-order valence-electron chi connectivity index (χ3n) is 5.04. The van der Waals surface area contributed by atoms with Gasteiger partial charge in [-0.15, -0.1) is 0 Å². The van der Waals surface area contributed by atoms with Crippen LogP contribution in [-0.4, -0.2) is 28.7 Å². The van der Waals surface area contributed by atoms with Gasteiger partial charge in [-0.1, -0.05) is 12.1 Å². The van der Waals surface area contributed by atoms with E-state index < -0.39 is 17.7 Å². The Labute approximate surface area is 170 Å². The fourth-order valence-corrected chi connectivity index (χ4v) is 3.66. The maximum absolute atomic E-state index is 13.0. The lowest BCUT2D eigenvalue weighted by Gasteiger charge is -2.24. The van der Waals surface area contributed by atoms with Gasteiger partial charge in [-0.3, -0.25) is 14.5 Å². The summed E-state index contributed by atoms with van der Waals surface area (Å²) in [5, 5.41) is 21.3. The van der Waals surface area contributed by atoms with Gasteiger partial charge in [-0.05, 0) is 42.5 Å². The summed E-state index contributed by atoms with van der Waals surface area (Å²) >= 11 is 0. The molecule has 2 aromatic carbocycles. The van der Waals surface area contributed by atoms with Crippen molar-refractivity contribution >= 4 is 23.1 Å². The second kappa shape index (κ2) is 6.70. The second-order valence-electron chi connectivity index (χ2n) is 6.74. The highest BCUT2D eigenvalue weighted by atomic mass is 16.7. The maximum Gasteiger partial charge on any atom is 0.300 e. The van der Waals surface area contributed by atoms with E-state index in [-0.39, 0.29) is 40.9 Å². The van der Waals surface area contributed by atoms with Gasteiger partial charge in [0.1, 0.15) is 23.3 Å². The molecule has 1 saturated heterocycles.